The Morgan fingerprint density at radius 1 is 1.30 bits per heavy atom. The molecule has 5 nitrogen and oxygen atoms in total. The molecule has 1 saturated heterocycles. The van der Waals surface area contributed by atoms with E-state index in [0.29, 0.717) is 13.2 Å². The fraction of sp³-hybridized carbons (Fsp3) is 0.333. The van der Waals surface area contributed by atoms with Gasteiger partial charge in [-0.25, -0.2) is 13.2 Å². The van der Waals surface area contributed by atoms with Gasteiger partial charge >= 0.3 is 0 Å². The number of hydrogen-bond donors (Lipinski definition) is 2. The summed E-state index contributed by atoms with van der Waals surface area (Å²) in [6.45, 7) is 0.684. The molecule has 0 radical (unpaired) electrons. The van der Waals surface area contributed by atoms with Crippen molar-refractivity contribution in [3.8, 4) is 0 Å². The van der Waals surface area contributed by atoms with E-state index in [1.54, 1.807) is 0 Å². The summed E-state index contributed by atoms with van der Waals surface area (Å²) in [7, 11) is 1.51. The highest BCUT2D eigenvalue weighted by molar-refractivity contribution is 6.06. The molecule has 0 aliphatic carbocycles. The molecule has 1 fully saturated rings. The highest BCUT2D eigenvalue weighted by Gasteiger charge is 2.31. The van der Waals surface area contributed by atoms with Crippen LogP contribution < -0.4 is 10.6 Å². The van der Waals surface area contributed by atoms with E-state index < -0.39 is 29.4 Å². The van der Waals surface area contributed by atoms with Gasteiger partial charge in [0.1, 0.15) is 6.04 Å². The van der Waals surface area contributed by atoms with E-state index in [1.807, 2.05) is 0 Å². The van der Waals surface area contributed by atoms with E-state index in [9.17, 15) is 18.0 Å². The number of amides is 1. The van der Waals surface area contributed by atoms with Crippen LogP contribution in [0.2, 0.25) is 0 Å². The third kappa shape index (κ3) is 2.90. The average molecular weight is 287 g/mol. The number of methoxy groups -OCH3 is 1. The summed E-state index contributed by atoms with van der Waals surface area (Å²) in [6.07, 6.45) is 0. The van der Waals surface area contributed by atoms with Crippen LogP contribution in [0, 0.1) is 17.5 Å². The number of nitrogens with zero attached hydrogens (tertiary/aromatic N) is 1. The lowest BCUT2D eigenvalue weighted by atomic mass is 10.1. The third-order valence-electron chi connectivity index (χ3n) is 2.69. The van der Waals surface area contributed by atoms with Gasteiger partial charge in [-0.2, -0.15) is 0 Å². The fourth-order valence-corrected chi connectivity index (χ4v) is 1.74. The lowest BCUT2D eigenvalue weighted by molar-refractivity contribution is -0.120. The lowest BCUT2D eigenvalue weighted by Gasteiger charge is -2.09. The summed E-state index contributed by atoms with van der Waals surface area (Å²) in [6, 6.07) is 0.530. The van der Waals surface area contributed by atoms with Crippen LogP contribution in [0.25, 0.3) is 0 Å². The first-order chi connectivity index (χ1) is 9.52. The molecule has 20 heavy (non-hydrogen) atoms. The molecule has 1 heterocycles. The van der Waals surface area contributed by atoms with Gasteiger partial charge in [-0.05, 0) is 17.7 Å². The number of guanidine groups is 1. The van der Waals surface area contributed by atoms with Crippen LogP contribution in [0.1, 0.15) is 11.6 Å². The Morgan fingerprint density at radius 3 is 2.55 bits per heavy atom. The van der Waals surface area contributed by atoms with Gasteiger partial charge in [0.2, 0.25) is 0 Å². The predicted octanol–water partition coefficient (Wildman–Crippen LogP) is 0.867. The predicted molar refractivity (Wildman–Crippen MR) is 64.5 cm³/mol. The topological polar surface area (TPSA) is 62.7 Å². The van der Waals surface area contributed by atoms with E-state index in [1.165, 1.54) is 7.11 Å². The van der Waals surface area contributed by atoms with Gasteiger partial charge in [-0.15, -0.1) is 0 Å². The number of hydrogen-bond acceptors (Lipinski definition) is 3. The minimum absolute atomic E-state index is 0.0177. The van der Waals surface area contributed by atoms with Gasteiger partial charge < -0.3 is 10.1 Å². The molecule has 2 rings (SSSR count). The van der Waals surface area contributed by atoms with Gasteiger partial charge in [0.15, 0.2) is 23.4 Å². The Kier molecular flexibility index (Phi) is 4.23. The van der Waals surface area contributed by atoms with Crippen molar-refractivity contribution in [2.75, 3.05) is 20.3 Å². The molecule has 108 valence electrons. The molecular formula is C12H12F3N3O2. The normalized spacial score (nSPS) is 20.1. The summed E-state index contributed by atoms with van der Waals surface area (Å²) >= 11 is 0. The Balaban J connectivity index is 2.18. The number of carbonyl (C=O) groups excluding carboxylic acids is 1. The molecule has 0 saturated carbocycles. The average Bonchev–Trinajstić information content (AvgIpc) is 2.77. The maximum atomic E-state index is 13.1. The molecule has 2 N–H and O–H groups in total. The Hall–Kier alpha value is -2.09. The number of carbonyl (C=O) groups is 1. The van der Waals surface area contributed by atoms with Crippen LogP contribution in [-0.4, -0.2) is 32.1 Å². The molecule has 1 aliphatic heterocycles. The second kappa shape index (κ2) is 5.91. The van der Waals surface area contributed by atoms with Gasteiger partial charge in [0, 0.05) is 7.11 Å². The molecular weight excluding hydrogens is 275 g/mol. The second-order valence-electron chi connectivity index (χ2n) is 4.09. The van der Waals surface area contributed by atoms with Crippen LogP contribution in [0.4, 0.5) is 13.2 Å². The number of ether oxygens (including phenoxy) is 1. The van der Waals surface area contributed by atoms with Crippen LogP contribution in [0.3, 0.4) is 0 Å². The minimum Gasteiger partial charge on any atom is -0.383 e. The maximum absolute atomic E-state index is 13.1. The summed E-state index contributed by atoms with van der Waals surface area (Å²) in [5.41, 5.74) is -0.0177. The Labute approximate surface area is 112 Å². The largest absolute Gasteiger partial charge is 0.383 e. The standard InChI is InChI=1S/C12H12F3N3O2/c1-20-3-2-16-12-17-10(11(19)18-12)6-4-7(13)9(15)8(14)5-6/h4-5,10H,2-3H2,1H3,(H2,16,17,18,19). The van der Waals surface area contributed by atoms with Crippen molar-refractivity contribution < 1.29 is 22.7 Å². The van der Waals surface area contributed by atoms with Gasteiger partial charge in [-0.3, -0.25) is 15.1 Å². The van der Waals surface area contributed by atoms with Crippen molar-refractivity contribution in [2.24, 2.45) is 4.99 Å². The van der Waals surface area contributed by atoms with Crippen molar-refractivity contribution in [3.63, 3.8) is 0 Å². The minimum atomic E-state index is -1.57. The zero-order valence-electron chi connectivity index (χ0n) is 10.5. The van der Waals surface area contributed by atoms with Crippen LogP contribution in [-0.2, 0) is 9.53 Å². The highest BCUT2D eigenvalue weighted by Crippen LogP contribution is 2.21. The molecule has 1 atom stereocenters. The third-order valence-corrected chi connectivity index (χ3v) is 2.69. The first-order valence-corrected chi connectivity index (χ1v) is 5.78. The molecule has 0 spiro atoms. The molecule has 1 aromatic carbocycles. The fourth-order valence-electron chi connectivity index (χ4n) is 1.74. The summed E-state index contributed by atoms with van der Waals surface area (Å²) < 4.78 is 44.0. The number of halogens is 3. The molecule has 1 unspecified atom stereocenters. The first kappa shape index (κ1) is 14.3. The van der Waals surface area contributed by atoms with E-state index >= 15 is 0 Å². The molecule has 0 aromatic heterocycles. The van der Waals surface area contributed by atoms with Gasteiger partial charge in [0.05, 0.1) is 13.2 Å². The van der Waals surface area contributed by atoms with E-state index in [0.717, 1.165) is 12.1 Å². The molecule has 1 aromatic rings. The van der Waals surface area contributed by atoms with Crippen LogP contribution in [0.5, 0.6) is 0 Å². The zero-order valence-corrected chi connectivity index (χ0v) is 10.5. The van der Waals surface area contributed by atoms with E-state index in [4.69, 9.17) is 4.74 Å². The first-order valence-electron chi connectivity index (χ1n) is 5.78. The lowest BCUT2D eigenvalue weighted by Crippen LogP contribution is -2.26. The monoisotopic (exact) mass is 287 g/mol. The Morgan fingerprint density at radius 2 is 1.95 bits per heavy atom. The Bertz CT molecular complexity index is 540. The van der Waals surface area contributed by atoms with Crippen molar-refractivity contribution in [3.05, 3.63) is 35.1 Å². The van der Waals surface area contributed by atoms with Crippen LogP contribution in [0.15, 0.2) is 17.1 Å². The summed E-state index contributed by atoms with van der Waals surface area (Å²) in [5, 5.41) is 5.09. The zero-order chi connectivity index (χ0) is 14.7. The SMILES string of the molecule is COCCN=C1NC(=O)C(c2cc(F)c(F)c(F)c2)N1. The van der Waals surface area contributed by atoms with Crippen LogP contribution >= 0.6 is 0 Å². The van der Waals surface area contributed by atoms with Crippen molar-refractivity contribution in [1.82, 2.24) is 10.6 Å². The van der Waals surface area contributed by atoms with Crippen molar-refractivity contribution in [1.29, 1.82) is 0 Å². The van der Waals surface area contributed by atoms with Crippen molar-refractivity contribution >= 4 is 11.9 Å². The van der Waals surface area contributed by atoms with E-state index in [2.05, 4.69) is 15.6 Å². The number of aliphatic imine (C=N–C) groups is 1. The maximum Gasteiger partial charge on any atom is 0.253 e. The molecule has 0 bridgehead atoms. The van der Waals surface area contributed by atoms with Gasteiger partial charge in [-0.1, -0.05) is 0 Å². The molecule has 1 aliphatic rings. The number of rotatable bonds is 4. The second-order valence-corrected chi connectivity index (χ2v) is 4.09. The van der Waals surface area contributed by atoms with Gasteiger partial charge in [0.25, 0.3) is 5.91 Å². The highest BCUT2D eigenvalue weighted by atomic mass is 19.2. The number of benzene rings is 1. The summed E-state index contributed by atoms with van der Waals surface area (Å²) in [5.74, 6) is -4.60. The molecule has 1 amide bonds. The number of nitrogens with one attached hydrogen (secondary N) is 2. The summed E-state index contributed by atoms with van der Waals surface area (Å²) in [4.78, 5) is 15.7. The smallest absolute Gasteiger partial charge is 0.253 e. The molecule has 8 heteroatoms. The quantitative estimate of drug-likeness (QED) is 0.638. The van der Waals surface area contributed by atoms with Crippen molar-refractivity contribution in [2.45, 2.75) is 6.04 Å². The van der Waals surface area contributed by atoms with E-state index in [-0.39, 0.29) is 11.5 Å².